The van der Waals surface area contributed by atoms with Gasteiger partial charge in [0.15, 0.2) is 5.76 Å². The molecule has 3 N–H and O–H groups in total. The quantitative estimate of drug-likeness (QED) is 0.504. The van der Waals surface area contributed by atoms with Gasteiger partial charge in [-0.1, -0.05) is 30.3 Å². The topological polar surface area (TPSA) is 144 Å². The Labute approximate surface area is 201 Å². The van der Waals surface area contributed by atoms with Crippen LogP contribution in [0.15, 0.2) is 94.4 Å². The number of amides is 2. The highest BCUT2D eigenvalue weighted by Gasteiger charge is 2.47. The summed E-state index contributed by atoms with van der Waals surface area (Å²) in [5, 5.41) is 10.8. The number of nitrogens with two attached hydrogens (primary N) is 1. The molecule has 10 heteroatoms. The molecule has 0 spiro atoms. The van der Waals surface area contributed by atoms with Crippen LogP contribution >= 0.6 is 0 Å². The summed E-state index contributed by atoms with van der Waals surface area (Å²) in [7, 11) is -3.08. The number of methoxy groups -OCH3 is 1. The highest BCUT2D eigenvalue weighted by molar-refractivity contribution is 7.95. The zero-order valence-electron chi connectivity index (χ0n) is 18.4. The molecule has 0 saturated heterocycles. The van der Waals surface area contributed by atoms with E-state index in [0.29, 0.717) is 5.56 Å². The van der Waals surface area contributed by atoms with Crippen LogP contribution in [0.4, 0.5) is 5.69 Å². The van der Waals surface area contributed by atoms with E-state index in [-0.39, 0.29) is 21.7 Å². The van der Waals surface area contributed by atoms with E-state index in [1.165, 1.54) is 79.9 Å². The van der Waals surface area contributed by atoms with Crippen molar-refractivity contribution in [3.63, 3.8) is 0 Å². The van der Waals surface area contributed by atoms with Crippen LogP contribution in [-0.2, 0) is 19.4 Å². The fourth-order valence-electron chi connectivity index (χ4n) is 3.86. The van der Waals surface area contributed by atoms with Crippen molar-refractivity contribution in [2.24, 2.45) is 5.73 Å². The number of carbonyl (C=O) groups is 3. The van der Waals surface area contributed by atoms with Crippen LogP contribution in [0, 0.1) is 0 Å². The van der Waals surface area contributed by atoms with Crippen molar-refractivity contribution in [2.45, 2.75) is 10.9 Å². The van der Waals surface area contributed by atoms with E-state index in [9.17, 15) is 27.9 Å². The van der Waals surface area contributed by atoms with Crippen LogP contribution in [0.1, 0.15) is 32.3 Å². The van der Waals surface area contributed by atoms with Gasteiger partial charge >= 0.3 is 5.97 Å². The number of sulfone groups is 1. The number of benzene rings is 3. The molecule has 9 nitrogen and oxygen atoms in total. The number of carbonyl (C=O) groups excluding carboxylic acids is 3. The fourth-order valence-corrected chi connectivity index (χ4v) is 5.50. The second-order valence-electron chi connectivity index (χ2n) is 7.63. The minimum absolute atomic E-state index is 0.101. The number of primary amides is 1. The Morgan fingerprint density at radius 3 is 2.03 bits per heavy atom. The molecule has 35 heavy (non-hydrogen) atoms. The minimum Gasteiger partial charge on any atom is -0.502 e. The first kappa shape index (κ1) is 23.7. The Hall–Kier alpha value is -4.44. The number of esters is 1. The van der Waals surface area contributed by atoms with Gasteiger partial charge in [-0.05, 0) is 54.1 Å². The molecule has 0 fully saturated rings. The minimum atomic E-state index is -4.31. The maximum absolute atomic E-state index is 13.6. The predicted octanol–water partition coefficient (Wildman–Crippen LogP) is 2.90. The maximum atomic E-state index is 13.6. The van der Waals surface area contributed by atoms with Crippen LogP contribution in [-0.4, -0.2) is 38.4 Å². The Bertz CT molecular complexity index is 1450. The van der Waals surface area contributed by atoms with Gasteiger partial charge < -0.3 is 15.6 Å². The van der Waals surface area contributed by atoms with Crippen molar-refractivity contribution in [3.8, 4) is 0 Å². The van der Waals surface area contributed by atoms with Gasteiger partial charge in [-0.25, -0.2) is 13.2 Å². The summed E-state index contributed by atoms with van der Waals surface area (Å²) in [5.41, 5.74) is 6.25. The Balaban J connectivity index is 1.90. The van der Waals surface area contributed by atoms with Crippen LogP contribution < -0.4 is 10.6 Å². The third kappa shape index (κ3) is 4.15. The van der Waals surface area contributed by atoms with Crippen molar-refractivity contribution in [2.75, 3.05) is 12.0 Å². The van der Waals surface area contributed by atoms with Gasteiger partial charge in [-0.2, -0.15) is 0 Å². The summed E-state index contributed by atoms with van der Waals surface area (Å²) in [4.78, 5) is 37.0. The van der Waals surface area contributed by atoms with E-state index in [4.69, 9.17) is 10.5 Å². The van der Waals surface area contributed by atoms with E-state index in [0.717, 1.165) is 4.90 Å². The number of anilines is 1. The van der Waals surface area contributed by atoms with Gasteiger partial charge in [-0.15, -0.1) is 0 Å². The molecule has 0 aromatic heterocycles. The van der Waals surface area contributed by atoms with E-state index >= 15 is 0 Å². The second kappa shape index (κ2) is 9.07. The number of rotatable bonds is 6. The molecule has 4 rings (SSSR count). The SMILES string of the molecule is COC(=O)c1ccc(C2C(S(=O)(=O)c3ccccc3)=C(O)C(=O)N2c2ccc(C(N)=O)cc2)cc1. The summed E-state index contributed by atoms with van der Waals surface area (Å²) in [6, 6.07) is 17.6. The third-order valence-corrected chi connectivity index (χ3v) is 7.47. The molecule has 0 aliphatic carbocycles. The summed E-state index contributed by atoms with van der Waals surface area (Å²) in [6.45, 7) is 0. The lowest BCUT2D eigenvalue weighted by Gasteiger charge is -2.27. The smallest absolute Gasteiger partial charge is 0.337 e. The molecule has 178 valence electrons. The molecular weight excluding hydrogens is 472 g/mol. The maximum Gasteiger partial charge on any atom is 0.337 e. The average Bonchev–Trinajstić information content (AvgIpc) is 3.15. The number of hydrogen-bond acceptors (Lipinski definition) is 7. The molecule has 0 bridgehead atoms. The van der Waals surface area contributed by atoms with Crippen molar-refractivity contribution < 1.29 is 32.6 Å². The molecule has 1 aliphatic heterocycles. The lowest BCUT2D eigenvalue weighted by Crippen LogP contribution is -2.31. The van der Waals surface area contributed by atoms with Crippen LogP contribution in [0.3, 0.4) is 0 Å². The van der Waals surface area contributed by atoms with Crippen LogP contribution in [0.25, 0.3) is 0 Å². The Kier molecular flexibility index (Phi) is 6.14. The standard InChI is InChI=1S/C25H20N2O7S/c1-34-25(31)17-9-7-15(8-10-17)20-22(35(32,33)19-5-3-2-4-6-19)21(28)24(30)27(20)18-13-11-16(12-14-18)23(26)29/h2-14,20,28H,1H3,(H2,26,29). The molecule has 3 aromatic carbocycles. The van der Waals surface area contributed by atoms with Crippen LogP contribution in [0.2, 0.25) is 0 Å². The van der Waals surface area contributed by atoms with Gasteiger partial charge in [0, 0.05) is 11.3 Å². The molecule has 1 unspecified atom stereocenters. The first-order valence-corrected chi connectivity index (χ1v) is 11.8. The van der Waals surface area contributed by atoms with Crippen LogP contribution in [0.5, 0.6) is 0 Å². The van der Waals surface area contributed by atoms with E-state index in [1.54, 1.807) is 6.07 Å². The average molecular weight is 493 g/mol. The first-order valence-electron chi connectivity index (χ1n) is 10.3. The third-order valence-electron chi connectivity index (χ3n) is 5.58. The largest absolute Gasteiger partial charge is 0.502 e. The monoisotopic (exact) mass is 492 g/mol. The predicted molar refractivity (Wildman–Crippen MR) is 126 cm³/mol. The fraction of sp³-hybridized carbons (Fsp3) is 0.0800. The Morgan fingerprint density at radius 2 is 1.49 bits per heavy atom. The number of aliphatic hydroxyl groups is 1. The molecule has 0 saturated carbocycles. The highest BCUT2D eigenvalue weighted by atomic mass is 32.2. The molecular formula is C25H20N2O7S. The molecule has 1 heterocycles. The van der Waals surface area contributed by atoms with E-state index in [1.807, 2.05) is 0 Å². The molecule has 0 radical (unpaired) electrons. The highest BCUT2D eigenvalue weighted by Crippen LogP contribution is 2.44. The van der Waals surface area contributed by atoms with E-state index in [2.05, 4.69) is 0 Å². The zero-order chi connectivity index (χ0) is 25.3. The molecule has 1 atom stereocenters. The summed E-state index contributed by atoms with van der Waals surface area (Å²) in [5.74, 6) is -3.12. The van der Waals surface area contributed by atoms with Crippen molar-refractivity contribution in [1.29, 1.82) is 0 Å². The number of aliphatic hydroxyl groups excluding tert-OH is 1. The number of hydrogen-bond donors (Lipinski definition) is 2. The molecule has 1 aliphatic rings. The molecule has 2 amide bonds. The number of nitrogens with zero attached hydrogens (tertiary/aromatic N) is 1. The summed E-state index contributed by atoms with van der Waals surface area (Å²) < 4.78 is 31.9. The number of ether oxygens (including phenoxy) is 1. The summed E-state index contributed by atoms with van der Waals surface area (Å²) >= 11 is 0. The van der Waals surface area contributed by atoms with Gasteiger partial charge in [0.2, 0.25) is 15.7 Å². The lowest BCUT2D eigenvalue weighted by atomic mass is 10.0. The van der Waals surface area contributed by atoms with E-state index < -0.39 is 44.3 Å². The van der Waals surface area contributed by atoms with Gasteiger partial charge in [-0.3, -0.25) is 14.5 Å². The normalized spacial score (nSPS) is 15.9. The van der Waals surface area contributed by atoms with Gasteiger partial charge in [0.1, 0.15) is 10.9 Å². The molecule has 3 aromatic rings. The van der Waals surface area contributed by atoms with Gasteiger partial charge in [0.05, 0.1) is 17.6 Å². The first-order chi connectivity index (χ1) is 16.7. The van der Waals surface area contributed by atoms with Gasteiger partial charge in [0.25, 0.3) is 5.91 Å². The lowest BCUT2D eigenvalue weighted by molar-refractivity contribution is -0.117. The Morgan fingerprint density at radius 1 is 0.914 bits per heavy atom. The zero-order valence-corrected chi connectivity index (χ0v) is 19.2. The van der Waals surface area contributed by atoms with Crippen molar-refractivity contribution in [1.82, 2.24) is 0 Å². The van der Waals surface area contributed by atoms with Crippen molar-refractivity contribution in [3.05, 3.63) is 106 Å². The van der Waals surface area contributed by atoms with Crippen molar-refractivity contribution >= 4 is 33.3 Å². The summed E-state index contributed by atoms with van der Waals surface area (Å²) in [6.07, 6.45) is 0. The second-order valence-corrected chi connectivity index (χ2v) is 9.55.